The second-order valence-electron chi connectivity index (χ2n) is 4.91. The molecule has 0 aromatic carbocycles. The van der Waals surface area contributed by atoms with E-state index < -0.39 is 0 Å². The van der Waals surface area contributed by atoms with E-state index in [0.717, 1.165) is 38.8 Å². The molecular weight excluding hydrogens is 204 g/mol. The van der Waals surface area contributed by atoms with Gasteiger partial charge in [0.25, 0.3) is 0 Å². The topological polar surface area (TPSA) is 50.4 Å². The van der Waals surface area contributed by atoms with Crippen molar-refractivity contribution in [1.29, 1.82) is 0 Å². The van der Waals surface area contributed by atoms with Crippen molar-refractivity contribution in [3.8, 4) is 0 Å². The van der Waals surface area contributed by atoms with Gasteiger partial charge in [0.2, 0.25) is 5.91 Å². The van der Waals surface area contributed by atoms with E-state index >= 15 is 0 Å². The van der Waals surface area contributed by atoms with Crippen LogP contribution in [0.5, 0.6) is 0 Å². The van der Waals surface area contributed by atoms with Crippen molar-refractivity contribution in [3.63, 3.8) is 0 Å². The van der Waals surface area contributed by atoms with Crippen molar-refractivity contribution < 1.29 is 9.53 Å². The fourth-order valence-corrected chi connectivity index (χ4v) is 2.49. The second-order valence-corrected chi connectivity index (χ2v) is 4.91. The van der Waals surface area contributed by atoms with E-state index in [1.165, 1.54) is 0 Å². The van der Waals surface area contributed by atoms with Crippen molar-refractivity contribution in [2.75, 3.05) is 19.8 Å². The Morgan fingerprint density at radius 3 is 2.94 bits per heavy atom. The number of hydrogen-bond donors (Lipinski definition) is 2. The Bertz CT molecular complexity index is 239. The van der Waals surface area contributed by atoms with Gasteiger partial charge in [-0.1, -0.05) is 0 Å². The van der Waals surface area contributed by atoms with Crippen LogP contribution < -0.4 is 10.6 Å². The Morgan fingerprint density at radius 2 is 2.25 bits per heavy atom. The Morgan fingerprint density at radius 1 is 1.38 bits per heavy atom. The summed E-state index contributed by atoms with van der Waals surface area (Å²) in [5.74, 6) is 0.253. The van der Waals surface area contributed by atoms with Crippen LogP contribution in [0.3, 0.4) is 0 Å². The van der Waals surface area contributed by atoms with Gasteiger partial charge in [0.05, 0.1) is 12.5 Å². The van der Waals surface area contributed by atoms with Gasteiger partial charge in [-0.15, -0.1) is 0 Å². The summed E-state index contributed by atoms with van der Waals surface area (Å²) in [4.78, 5) is 12.0. The molecule has 0 aromatic heterocycles. The van der Waals surface area contributed by atoms with Crippen molar-refractivity contribution in [1.82, 2.24) is 10.6 Å². The molecule has 2 fully saturated rings. The first kappa shape index (κ1) is 11.9. The lowest BCUT2D eigenvalue weighted by Gasteiger charge is -2.32. The van der Waals surface area contributed by atoms with Crippen molar-refractivity contribution in [3.05, 3.63) is 0 Å². The van der Waals surface area contributed by atoms with E-state index in [-0.39, 0.29) is 11.8 Å². The highest BCUT2D eigenvalue weighted by atomic mass is 16.5. The largest absolute Gasteiger partial charge is 0.381 e. The van der Waals surface area contributed by atoms with E-state index in [0.29, 0.717) is 18.7 Å². The van der Waals surface area contributed by atoms with E-state index in [2.05, 4.69) is 17.6 Å². The Kier molecular flexibility index (Phi) is 4.18. The molecule has 4 nitrogen and oxygen atoms in total. The van der Waals surface area contributed by atoms with Gasteiger partial charge >= 0.3 is 0 Å². The zero-order valence-corrected chi connectivity index (χ0v) is 10.00. The molecule has 0 bridgehead atoms. The molecule has 0 aromatic rings. The zero-order chi connectivity index (χ0) is 11.4. The first-order valence-electron chi connectivity index (χ1n) is 6.39. The number of nitrogens with one attached hydrogen (secondary N) is 2. The molecule has 2 N–H and O–H groups in total. The molecule has 92 valence electrons. The summed E-state index contributed by atoms with van der Waals surface area (Å²) in [6.07, 6.45) is 4.22. The van der Waals surface area contributed by atoms with E-state index in [1.54, 1.807) is 0 Å². The van der Waals surface area contributed by atoms with Gasteiger partial charge in [-0.05, 0) is 39.2 Å². The molecule has 0 saturated carbocycles. The summed E-state index contributed by atoms with van der Waals surface area (Å²) in [6.45, 7) is 4.62. The highest BCUT2D eigenvalue weighted by Crippen LogP contribution is 2.15. The molecule has 0 spiro atoms. The van der Waals surface area contributed by atoms with Crippen LogP contribution in [0.4, 0.5) is 0 Å². The van der Waals surface area contributed by atoms with Crippen LogP contribution in [0, 0.1) is 5.92 Å². The van der Waals surface area contributed by atoms with Gasteiger partial charge in [0, 0.05) is 18.7 Å². The van der Waals surface area contributed by atoms with Gasteiger partial charge in [-0.3, -0.25) is 4.79 Å². The Labute approximate surface area is 97.1 Å². The number of hydrogen-bond acceptors (Lipinski definition) is 3. The van der Waals surface area contributed by atoms with Crippen molar-refractivity contribution in [2.24, 2.45) is 5.92 Å². The maximum atomic E-state index is 12.0. The number of carbonyl (C=O) groups is 1. The van der Waals surface area contributed by atoms with Crippen LogP contribution in [0.25, 0.3) is 0 Å². The fraction of sp³-hybridized carbons (Fsp3) is 0.917. The molecule has 2 heterocycles. The Hall–Kier alpha value is -0.610. The summed E-state index contributed by atoms with van der Waals surface area (Å²) < 4.78 is 5.34. The van der Waals surface area contributed by atoms with Crippen LogP contribution in [0.1, 0.15) is 32.6 Å². The average Bonchev–Trinajstić information content (AvgIpc) is 2.33. The quantitative estimate of drug-likeness (QED) is 0.727. The predicted octanol–water partition coefficient (Wildman–Crippen LogP) is 0.670. The maximum absolute atomic E-state index is 12.0. The second kappa shape index (κ2) is 5.64. The maximum Gasteiger partial charge on any atom is 0.225 e. The van der Waals surface area contributed by atoms with E-state index in [1.807, 2.05) is 0 Å². The van der Waals surface area contributed by atoms with Crippen LogP contribution in [0.15, 0.2) is 0 Å². The summed E-state index contributed by atoms with van der Waals surface area (Å²) >= 11 is 0. The molecule has 2 saturated heterocycles. The minimum absolute atomic E-state index is 0.0721. The number of amides is 1. The first-order chi connectivity index (χ1) is 7.77. The number of ether oxygens (including phenoxy) is 1. The molecular formula is C12H22N2O2. The molecule has 3 unspecified atom stereocenters. The number of rotatable bonds is 2. The number of carbonyl (C=O) groups excluding carboxylic acids is 1. The third-order valence-corrected chi connectivity index (χ3v) is 3.62. The zero-order valence-electron chi connectivity index (χ0n) is 10.00. The van der Waals surface area contributed by atoms with Gasteiger partial charge in [0.15, 0.2) is 0 Å². The van der Waals surface area contributed by atoms with Gasteiger partial charge < -0.3 is 15.4 Å². The highest BCUT2D eigenvalue weighted by Gasteiger charge is 2.27. The van der Waals surface area contributed by atoms with Crippen LogP contribution in [-0.4, -0.2) is 37.7 Å². The molecule has 0 aliphatic carbocycles. The monoisotopic (exact) mass is 226 g/mol. The summed E-state index contributed by atoms with van der Waals surface area (Å²) in [5.41, 5.74) is 0. The molecule has 2 aliphatic rings. The smallest absolute Gasteiger partial charge is 0.225 e. The van der Waals surface area contributed by atoms with E-state index in [4.69, 9.17) is 4.74 Å². The highest BCUT2D eigenvalue weighted by molar-refractivity contribution is 5.79. The summed E-state index contributed by atoms with van der Waals surface area (Å²) in [7, 11) is 0. The summed E-state index contributed by atoms with van der Waals surface area (Å²) in [5, 5.41) is 6.55. The first-order valence-corrected chi connectivity index (χ1v) is 6.39. The van der Waals surface area contributed by atoms with Crippen LogP contribution in [0.2, 0.25) is 0 Å². The average molecular weight is 226 g/mol. The standard InChI is InChI=1S/C12H22N2O2/c1-9-11(5-2-6-13-9)14-12(15)10-4-3-7-16-8-10/h9-11,13H,2-8H2,1H3,(H,14,15). The van der Waals surface area contributed by atoms with Gasteiger partial charge in [-0.2, -0.15) is 0 Å². The van der Waals surface area contributed by atoms with Crippen molar-refractivity contribution >= 4 is 5.91 Å². The lowest BCUT2D eigenvalue weighted by molar-refractivity contribution is -0.130. The minimum Gasteiger partial charge on any atom is -0.381 e. The molecule has 1 amide bonds. The summed E-state index contributed by atoms with van der Waals surface area (Å²) in [6, 6.07) is 0.686. The fourth-order valence-electron chi connectivity index (χ4n) is 2.49. The lowest BCUT2D eigenvalue weighted by atomic mass is 9.97. The minimum atomic E-state index is 0.0721. The molecule has 0 radical (unpaired) electrons. The normalized spacial score (nSPS) is 35.7. The molecule has 16 heavy (non-hydrogen) atoms. The molecule has 2 rings (SSSR count). The SMILES string of the molecule is CC1NCCCC1NC(=O)C1CCCOC1. The Balaban J connectivity index is 1.80. The lowest BCUT2D eigenvalue weighted by Crippen LogP contribution is -2.53. The molecule has 3 atom stereocenters. The molecule has 2 aliphatic heterocycles. The number of piperidine rings is 1. The van der Waals surface area contributed by atoms with Gasteiger partial charge in [-0.25, -0.2) is 0 Å². The van der Waals surface area contributed by atoms with Crippen LogP contribution in [-0.2, 0) is 9.53 Å². The third-order valence-electron chi connectivity index (χ3n) is 3.62. The van der Waals surface area contributed by atoms with E-state index in [9.17, 15) is 4.79 Å². The van der Waals surface area contributed by atoms with Gasteiger partial charge in [0.1, 0.15) is 0 Å². The van der Waals surface area contributed by atoms with Crippen molar-refractivity contribution in [2.45, 2.75) is 44.7 Å². The molecule has 4 heteroatoms. The third kappa shape index (κ3) is 2.95. The van der Waals surface area contributed by atoms with Crippen LogP contribution >= 0.6 is 0 Å². The predicted molar refractivity (Wildman–Crippen MR) is 62.2 cm³/mol.